The van der Waals surface area contributed by atoms with Crippen LogP contribution in [-0.4, -0.2) is 9.97 Å². The molecule has 0 aliphatic carbocycles. The predicted molar refractivity (Wildman–Crippen MR) is 108 cm³/mol. The van der Waals surface area contributed by atoms with Gasteiger partial charge in [0.15, 0.2) is 11.5 Å². The van der Waals surface area contributed by atoms with Gasteiger partial charge in [-0.05, 0) is 24.3 Å². The summed E-state index contributed by atoms with van der Waals surface area (Å²) in [7, 11) is 0. The summed E-state index contributed by atoms with van der Waals surface area (Å²) in [6, 6.07) is 27.6. The van der Waals surface area contributed by atoms with Gasteiger partial charge in [-0.15, -0.1) is 0 Å². The van der Waals surface area contributed by atoms with Crippen LogP contribution in [-0.2, 0) is 0 Å². The van der Waals surface area contributed by atoms with Crippen LogP contribution in [0.3, 0.4) is 0 Å². The van der Waals surface area contributed by atoms with E-state index < -0.39 is 0 Å². The largest absolute Gasteiger partial charge is 0.436 e. The molecule has 2 heterocycles. The Labute approximate surface area is 162 Å². The summed E-state index contributed by atoms with van der Waals surface area (Å²) < 4.78 is 12.1. The first kappa shape index (κ1) is 16.3. The minimum atomic E-state index is 0.591. The second-order valence-corrected chi connectivity index (χ2v) is 6.34. The molecule has 0 fully saturated rings. The lowest BCUT2D eigenvalue weighted by atomic mass is 10.0. The molecule has 0 aliphatic rings. The van der Waals surface area contributed by atoms with Gasteiger partial charge < -0.3 is 8.83 Å². The Bertz CT molecular complexity index is 1110. The molecule has 0 amide bonds. The lowest BCUT2D eigenvalue weighted by molar-refractivity contribution is 0.582. The Morgan fingerprint density at radius 3 is 1.29 bits per heavy atom. The molecule has 0 N–H and O–H groups in total. The quantitative estimate of drug-likeness (QED) is 0.374. The van der Waals surface area contributed by atoms with E-state index in [2.05, 4.69) is 9.97 Å². The summed E-state index contributed by atoms with van der Waals surface area (Å²) in [6.07, 6.45) is 3.49. The van der Waals surface area contributed by atoms with Crippen LogP contribution in [0.1, 0.15) is 0 Å². The van der Waals surface area contributed by atoms with Crippen LogP contribution in [0.2, 0.25) is 0 Å². The molecule has 0 saturated carbocycles. The summed E-state index contributed by atoms with van der Waals surface area (Å²) in [4.78, 5) is 8.87. The first-order valence-electron chi connectivity index (χ1n) is 9.01. The van der Waals surface area contributed by atoms with Crippen LogP contribution in [0, 0.1) is 0 Å². The summed E-state index contributed by atoms with van der Waals surface area (Å²) in [5.41, 5.74) is 3.70. The molecule has 134 valence electrons. The molecule has 5 rings (SSSR count). The third kappa shape index (κ3) is 3.01. The SMILES string of the molecule is c1ccc(-c2ncc(-c3ccccc3-c3cnc(-c4ccccc4)o3)o2)cc1. The molecule has 4 nitrogen and oxygen atoms in total. The van der Waals surface area contributed by atoms with Gasteiger partial charge in [0.1, 0.15) is 0 Å². The number of rotatable bonds is 4. The Hall–Kier alpha value is -3.92. The van der Waals surface area contributed by atoms with Gasteiger partial charge in [-0.1, -0.05) is 60.7 Å². The van der Waals surface area contributed by atoms with Crippen molar-refractivity contribution >= 4 is 0 Å². The number of hydrogen-bond donors (Lipinski definition) is 0. The highest BCUT2D eigenvalue weighted by atomic mass is 16.4. The molecule has 3 aromatic carbocycles. The van der Waals surface area contributed by atoms with E-state index in [9.17, 15) is 0 Å². The number of benzene rings is 3. The average Bonchev–Trinajstić information content (AvgIpc) is 3.45. The van der Waals surface area contributed by atoms with Gasteiger partial charge in [0.05, 0.1) is 12.4 Å². The van der Waals surface area contributed by atoms with E-state index in [1.807, 2.05) is 84.9 Å². The van der Waals surface area contributed by atoms with E-state index in [1.165, 1.54) is 0 Å². The molecule has 0 unspecified atom stereocenters. The highest BCUT2D eigenvalue weighted by molar-refractivity contribution is 5.79. The molecule has 0 radical (unpaired) electrons. The van der Waals surface area contributed by atoms with Crippen molar-refractivity contribution in [3.63, 3.8) is 0 Å². The highest BCUT2D eigenvalue weighted by Crippen LogP contribution is 2.35. The minimum Gasteiger partial charge on any atom is -0.436 e. The van der Waals surface area contributed by atoms with Crippen molar-refractivity contribution in [1.82, 2.24) is 9.97 Å². The molecular formula is C24H16N2O2. The Morgan fingerprint density at radius 2 is 0.857 bits per heavy atom. The van der Waals surface area contributed by atoms with Crippen LogP contribution in [0.25, 0.3) is 45.6 Å². The van der Waals surface area contributed by atoms with Crippen molar-refractivity contribution in [2.24, 2.45) is 0 Å². The first-order chi connectivity index (χ1) is 13.9. The molecule has 5 aromatic rings. The zero-order valence-corrected chi connectivity index (χ0v) is 14.9. The van der Waals surface area contributed by atoms with Crippen molar-refractivity contribution in [3.8, 4) is 45.6 Å². The molecule has 0 aliphatic heterocycles. The fourth-order valence-corrected chi connectivity index (χ4v) is 3.14. The van der Waals surface area contributed by atoms with Crippen LogP contribution in [0.5, 0.6) is 0 Å². The fraction of sp³-hybridized carbons (Fsp3) is 0. The summed E-state index contributed by atoms with van der Waals surface area (Å²) in [5, 5.41) is 0. The van der Waals surface area contributed by atoms with Gasteiger partial charge in [0.2, 0.25) is 11.8 Å². The van der Waals surface area contributed by atoms with Gasteiger partial charge in [0, 0.05) is 22.3 Å². The number of aromatic nitrogens is 2. The number of nitrogens with zero attached hydrogens (tertiary/aromatic N) is 2. The molecule has 0 spiro atoms. The monoisotopic (exact) mass is 364 g/mol. The van der Waals surface area contributed by atoms with Crippen molar-refractivity contribution in [1.29, 1.82) is 0 Å². The zero-order valence-electron chi connectivity index (χ0n) is 14.9. The van der Waals surface area contributed by atoms with Crippen LogP contribution < -0.4 is 0 Å². The molecule has 4 heteroatoms. The Morgan fingerprint density at radius 1 is 0.464 bits per heavy atom. The van der Waals surface area contributed by atoms with E-state index in [1.54, 1.807) is 12.4 Å². The van der Waals surface area contributed by atoms with E-state index in [0.29, 0.717) is 23.3 Å². The average molecular weight is 364 g/mol. The van der Waals surface area contributed by atoms with E-state index >= 15 is 0 Å². The van der Waals surface area contributed by atoms with E-state index in [4.69, 9.17) is 8.83 Å². The molecular weight excluding hydrogens is 348 g/mol. The Balaban J connectivity index is 1.54. The Kier molecular flexibility index (Phi) is 4.07. The second-order valence-electron chi connectivity index (χ2n) is 6.34. The number of hydrogen-bond acceptors (Lipinski definition) is 4. The minimum absolute atomic E-state index is 0.591. The lowest BCUT2D eigenvalue weighted by Crippen LogP contribution is -1.81. The summed E-state index contributed by atoms with van der Waals surface area (Å²) in [5.74, 6) is 2.56. The topological polar surface area (TPSA) is 52.1 Å². The van der Waals surface area contributed by atoms with Gasteiger partial charge in [-0.3, -0.25) is 0 Å². The predicted octanol–water partition coefficient (Wildman–Crippen LogP) is 6.33. The molecule has 0 atom stereocenters. The maximum atomic E-state index is 6.04. The molecule has 2 aromatic heterocycles. The maximum Gasteiger partial charge on any atom is 0.226 e. The normalized spacial score (nSPS) is 10.9. The molecule has 0 saturated heterocycles. The van der Waals surface area contributed by atoms with Gasteiger partial charge in [0.25, 0.3) is 0 Å². The highest BCUT2D eigenvalue weighted by Gasteiger charge is 2.16. The van der Waals surface area contributed by atoms with Crippen molar-refractivity contribution in [3.05, 3.63) is 97.3 Å². The first-order valence-corrected chi connectivity index (χ1v) is 9.01. The molecule has 0 bridgehead atoms. The number of oxazole rings is 2. The van der Waals surface area contributed by atoms with E-state index in [0.717, 1.165) is 22.3 Å². The van der Waals surface area contributed by atoms with Crippen LogP contribution in [0.4, 0.5) is 0 Å². The smallest absolute Gasteiger partial charge is 0.226 e. The second kappa shape index (κ2) is 7.00. The third-order valence-corrected chi connectivity index (χ3v) is 4.51. The fourth-order valence-electron chi connectivity index (χ4n) is 3.14. The van der Waals surface area contributed by atoms with Gasteiger partial charge >= 0.3 is 0 Å². The van der Waals surface area contributed by atoms with Gasteiger partial charge in [-0.2, -0.15) is 0 Å². The molecule has 28 heavy (non-hydrogen) atoms. The maximum absolute atomic E-state index is 6.04. The van der Waals surface area contributed by atoms with Gasteiger partial charge in [-0.25, -0.2) is 9.97 Å². The van der Waals surface area contributed by atoms with Crippen LogP contribution >= 0.6 is 0 Å². The van der Waals surface area contributed by atoms with Crippen molar-refractivity contribution in [2.75, 3.05) is 0 Å². The lowest BCUT2D eigenvalue weighted by Gasteiger charge is -2.04. The zero-order chi connectivity index (χ0) is 18.8. The van der Waals surface area contributed by atoms with Crippen LogP contribution in [0.15, 0.2) is 106 Å². The third-order valence-electron chi connectivity index (χ3n) is 4.51. The van der Waals surface area contributed by atoms with Crippen molar-refractivity contribution in [2.45, 2.75) is 0 Å². The summed E-state index contributed by atoms with van der Waals surface area (Å²) >= 11 is 0. The standard InChI is InChI=1S/C24H16N2O2/c1-3-9-17(10-4-1)23-25-15-21(27-23)19-13-7-8-14-20(19)22-16-26-24(28-22)18-11-5-2-6-12-18/h1-16H. The van der Waals surface area contributed by atoms with E-state index in [-0.39, 0.29) is 0 Å². The van der Waals surface area contributed by atoms with Crippen molar-refractivity contribution < 1.29 is 8.83 Å². The summed E-state index contributed by atoms with van der Waals surface area (Å²) in [6.45, 7) is 0.